The van der Waals surface area contributed by atoms with E-state index in [4.69, 9.17) is 39.0 Å². The summed E-state index contributed by atoms with van der Waals surface area (Å²) in [5.41, 5.74) is 2.86. The average Bonchev–Trinajstić information content (AvgIpc) is 3.37. The van der Waals surface area contributed by atoms with E-state index in [1.807, 2.05) is 17.9 Å². The molecule has 1 unspecified atom stereocenters. The minimum absolute atomic E-state index is 0.0130. The lowest BCUT2D eigenvalue weighted by molar-refractivity contribution is 0.278. The highest BCUT2D eigenvalue weighted by molar-refractivity contribution is 7.87. The zero-order valence-corrected chi connectivity index (χ0v) is 41.9. The van der Waals surface area contributed by atoms with Crippen molar-refractivity contribution in [2.24, 2.45) is 32.7 Å². The van der Waals surface area contributed by atoms with Crippen LogP contribution in [0.1, 0.15) is 12.5 Å². The number of rotatable bonds is 16. The fourth-order valence-electron chi connectivity index (χ4n) is 7.44. The Bertz CT molecular complexity index is 4060. The molecule has 5 aromatic carbocycles. The van der Waals surface area contributed by atoms with Crippen molar-refractivity contribution >= 4 is 88.6 Å². The molecule has 0 spiro atoms. The van der Waals surface area contributed by atoms with Crippen molar-refractivity contribution in [3.05, 3.63) is 149 Å². The van der Waals surface area contributed by atoms with Crippen LogP contribution in [0.25, 0.3) is 28.1 Å². The molecule has 30 heteroatoms. The summed E-state index contributed by atoms with van der Waals surface area (Å²) >= 11 is 6.24. The van der Waals surface area contributed by atoms with Crippen LogP contribution in [-0.4, -0.2) is 72.9 Å². The molecule has 1 aliphatic carbocycles. The third-order valence-corrected chi connectivity index (χ3v) is 15.3. The zero-order valence-electron chi connectivity index (χ0n) is 37.8. The first kappa shape index (κ1) is 52.3. The Morgan fingerprint density at radius 3 is 2.25 bits per heavy atom. The quantitative estimate of drug-likeness (QED) is 0.0314. The van der Waals surface area contributed by atoms with Crippen LogP contribution in [0.3, 0.4) is 0 Å². The fourth-order valence-corrected chi connectivity index (χ4v) is 10.4. The molecule has 0 amide bonds. The normalized spacial score (nSPS) is 13.9. The fraction of sp³-hybridized carbons (Fsp3) is 0.0930. The lowest BCUT2D eigenvalue weighted by Gasteiger charge is -2.25. The number of hydrogen-bond acceptors (Lipinski definition) is 20. The summed E-state index contributed by atoms with van der Waals surface area (Å²) in [4.78, 5) is 38.5. The number of nitrogens with one attached hydrogen (secondary N) is 2. The van der Waals surface area contributed by atoms with Crippen molar-refractivity contribution in [3.8, 4) is 22.8 Å². The van der Waals surface area contributed by atoms with Crippen molar-refractivity contribution in [1.29, 1.82) is 0 Å². The highest BCUT2D eigenvalue weighted by Gasteiger charge is 2.25. The average molecular weight is 1100 g/mol. The van der Waals surface area contributed by atoms with Gasteiger partial charge in [-0.2, -0.15) is 50.6 Å². The van der Waals surface area contributed by atoms with Gasteiger partial charge in [-0.25, -0.2) is 30.5 Å². The van der Waals surface area contributed by atoms with Crippen LogP contribution in [-0.2, 0) is 54.7 Å². The Balaban J connectivity index is 1.28. The maximum Gasteiger partial charge on any atom is 0.374 e. The SMILES string of the molecule is CCN(Cc1cccc(S(=O)(=O)ON)c1)c1ccc2nc3ccc(=Nc4ccc(N=c5[nH]c(Cl)nc(=Nc6cccc(P(=O)(O)ON)c6)[nH]5)cc4S(=O)(=O)ON)cc-3n(-c3ccc(OC)c(S(=O)(=O)O)c3)c2c1. The molecule has 8 rings (SSSR count). The van der Waals surface area contributed by atoms with Gasteiger partial charge in [0, 0.05) is 24.5 Å². The topological polar surface area (TPSA) is 378 Å². The van der Waals surface area contributed by atoms with Crippen molar-refractivity contribution in [2.75, 3.05) is 18.6 Å². The van der Waals surface area contributed by atoms with Gasteiger partial charge < -0.3 is 24.1 Å². The lowest BCUT2D eigenvalue weighted by atomic mass is 10.1. The number of hydrogen-bond donors (Lipinski definition) is 7. The van der Waals surface area contributed by atoms with Gasteiger partial charge in [-0.3, -0.25) is 14.1 Å². The molecule has 0 radical (unpaired) electrons. The molecule has 25 nitrogen and oxygen atoms in total. The number of anilines is 1. The summed E-state index contributed by atoms with van der Waals surface area (Å²) in [6, 6.07) is 29.6. The van der Waals surface area contributed by atoms with E-state index < -0.39 is 47.7 Å². The summed E-state index contributed by atoms with van der Waals surface area (Å²) in [6.07, 6.45) is 0. The number of benzene rings is 6. The van der Waals surface area contributed by atoms with Crippen LogP contribution in [0, 0.1) is 0 Å². The van der Waals surface area contributed by atoms with Gasteiger partial charge in [0.25, 0.3) is 10.1 Å². The van der Waals surface area contributed by atoms with Gasteiger partial charge in [0.1, 0.15) is 15.5 Å². The Morgan fingerprint density at radius 2 is 1.53 bits per heavy atom. The van der Waals surface area contributed by atoms with Gasteiger partial charge in [-0.1, -0.05) is 18.2 Å². The number of aromatic amines is 2. The highest BCUT2D eigenvalue weighted by atomic mass is 35.5. The van der Waals surface area contributed by atoms with E-state index in [-0.39, 0.29) is 67.1 Å². The smallest absolute Gasteiger partial charge is 0.374 e. The Kier molecular flexibility index (Phi) is 14.9. The van der Waals surface area contributed by atoms with Crippen molar-refractivity contribution in [1.82, 2.24) is 24.5 Å². The summed E-state index contributed by atoms with van der Waals surface area (Å²) in [5, 5.41) is -0.184. The van der Waals surface area contributed by atoms with Crippen molar-refractivity contribution in [2.45, 2.75) is 28.2 Å². The minimum Gasteiger partial charge on any atom is -0.495 e. The maximum atomic E-state index is 13.4. The number of ether oxygens (including phenoxy) is 1. The number of aromatic nitrogens is 5. The summed E-state index contributed by atoms with van der Waals surface area (Å²) in [5.74, 6) is 15.1. The molecule has 1 aliphatic heterocycles. The molecular formula is C43H40ClN12O13PS3. The molecule has 0 fully saturated rings. The number of methoxy groups -OCH3 is 1. The molecule has 1 atom stereocenters. The number of halogens is 1. The molecule has 0 saturated heterocycles. The first-order valence-corrected chi connectivity index (χ1v) is 27.1. The Morgan fingerprint density at radius 1 is 0.781 bits per heavy atom. The summed E-state index contributed by atoms with van der Waals surface area (Å²) in [6.45, 7) is 2.55. The molecule has 6 aromatic rings. The van der Waals surface area contributed by atoms with Crippen molar-refractivity contribution < 1.29 is 57.2 Å². The Hall–Kier alpha value is -7.02. The number of fused-ring (bicyclic) bond motifs is 2. The van der Waals surface area contributed by atoms with Gasteiger partial charge in [0.15, 0.2) is 0 Å². The van der Waals surface area contributed by atoms with E-state index in [9.17, 15) is 39.3 Å². The van der Waals surface area contributed by atoms with Crippen LogP contribution in [0.4, 0.5) is 22.7 Å². The monoisotopic (exact) mass is 1090 g/mol. The summed E-state index contributed by atoms with van der Waals surface area (Å²) < 4.78 is 119. The first-order valence-electron chi connectivity index (χ1n) is 20.8. The van der Waals surface area contributed by atoms with Gasteiger partial charge >= 0.3 is 27.8 Å². The molecule has 2 aliphatic rings. The molecule has 2 heterocycles. The third kappa shape index (κ3) is 11.5. The Labute approximate surface area is 419 Å². The van der Waals surface area contributed by atoms with E-state index in [0.717, 1.165) is 6.07 Å². The molecule has 73 heavy (non-hydrogen) atoms. The van der Waals surface area contributed by atoms with E-state index in [1.54, 1.807) is 53.1 Å². The maximum absolute atomic E-state index is 13.4. The molecule has 380 valence electrons. The molecule has 0 bridgehead atoms. The highest BCUT2D eigenvalue weighted by Crippen LogP contribution is 2.39. The van der Waals surface area contributed by atoms with Crippen LogP contribution in [0.15, 0.2) is 151 Å². The standard InChI is InChI=1S/C43H40ClN12O13PS3/c1-3-55(24-25-6-4-9-32(18-25)72(62,63)68-46)29-12-16-34-37(22-29)56(30-13-17-38(66-2)40(23-30)71(59,60)61)36-20-27(10-14-33(36)51-34)48-35-15-11-28(21-39(35)73(64,65)69-47)50-43-53-41(44)52-42(54-43)49-26-7-5-8-31(19-26)70(57,58)67-45/h4-23H,3,24,45-47H2,1-2H3,(H,57,58)(H,59,60,61)(H2,49,50,52,53,54). The second kappa shape index (κ2) is 20.8. The van der Waals surface area contributed by atoms with E-state index in [2.05, 4.69) is 43.1 Å². The summed E-state index contributed by atoms with van der Waals surface area (Å²) in [7, 11) is -16.8. The van der Waals surface area contributed by atoms with E-state index in [0.29, 0.717) is 40.2 Å². The predicted octanol–water partition coefficient (Wildman–Crippen LogP) is 3.67. The number of nitrogens with two attached hydrogens (primary N) is 3. The van der Waals surface area contributed by atoms with Crippen LogP contribution in [0.2, 0.25) is 5.28 Å². The molecular weight excluding hydrogens is 1060 g/mol. The van der Waals surface area contributed by atoms with Gasteiger partial charge in [0.05, 0.1) is 62.2 Å². The van der Waals surface area contributed by atoms with Gasteiger partial charge in [0.2, 0.25) is 16.5 Å². The molecule has 1 aromatic heterocycles. The van der Waals surface area contributed by atoms with Crippen LogP contribution >= 0.6 is 19.2 Å². The van der Waals surface area contributed by atoms with E-state index in [1.165, 1.54) is 67.8 Å². The van der Waals surface area contributed by atoms with Crippen LogP contribution in [0.5, 0.6) is 5.75 Å². The largest absolute Gasteiger partial charge is 0.495 e. The minimum atomic E-state index is -4.85. The zero-order chi connectivity index (χ0) is 52.5. The van der Waals surface area contributed by atoms with Gasteiger partial charge in [-0.15, -0.1) is 0 Å². The van der Waals surface area contributed by atoms with Crippen LogP contribution < -0.4 is 49.2 Å². The second-order valence-corrected chi connectivity index (χ2v) is 22.0. The van der Waals surface area contributed by atoms with Gasteiger partial charge in [-0.05, 0) is 127 Å². The first-order chi connectivity index (χ1) is 34.6. The second-order valence-electron chi connectivity index (χ2n) is 15.3. The number of H-pyrrole nitrogens is 2. The molecule has 10 N–H and O–H groups in total. The number of nitrogens with zero attached hydrogens (tertiary/aromatic N) is 7. The predicted molar refractivity (Wildman–Crippen MR) is 263 cm³/mol. The molecule has 0 saturated carbocycles. The van der Waals surface area contributed by atoms with E-state index >= 15 is 0 Å². The lowest BCUT2D eigenvalue weighted by Crippen LogP contribution is -2.26. The third-order valence-electron chi connectivity index (χ3n) is 10.8. The van der Waals surface area contributed by atoms with Crippen molar-refractivity contribution in [3.63, 3.8) is 0 Å².